The van der Waals surface area contributed by atoms with Crippen LogP contribution in [0.2, 0.25) is 0 Å². The lowest BCUT2D eigenvalue weighted by Crippen LogP contribution is -2.48. The van der Waals surface area contributed by atoms with Gasteiger partial charge in [0.05, 0.1) is 12.6 Å². The van der Waals surface area contributed by atoms with Crippen molar-refractivity contribution in [2.24, 2.45) is 0 Å². The minimum absolute atomic E-state index is 0.000474. The third-order valence-corrected chi connectivity index (χ3v) is 4.82. The maximum absolute atomic E-state index is 12.3. The number of nitrogens with zero attached hydrogens (tertiary/aromatic N) is 2. The molecule has 1 unspecified atom stereocenters. The van der Waals surface area contributed by atoms with Gasteiger partial charge in [-0.15, -0.1) is 0 Å². The Morgan fingerprint density at radius 3 is 2.76 bits per heavy atom. The molecule has 7 nitrogen and oxygen atoms in total. The maximum atomic E-state index is 12.3. The fourth-order valence-electron chi connectivity index (χ4n) is 3.41. The third kappa shape index (κ3) is 4.42. The lowest BCUT2D eigenvalue weighted by Gasteiger charge is -2.25. The molecule has 2 aliphatic heterocycles. The summed E-state index contributed by atoms with van der Waals surface area (Å²) in [5.41, 5.74) is 0. The minimum atomic E-state index is -0.142. The Morgan fingerprint density at radius 1 is 1.20 bits per heavy atom. The molecule has 3 rings (SSSR count). The molecule has 2 fully saturated rings. The van der Waals surface area contributed by atoms with Crippen molar-refractivity contribution in [1.29, 1.82) is 0 Å². The zero-order chi connectivity index (χ0) is 17.6. The van der Waals surface area contributed by atoms with Gasteiger partial charge in [0.15, 0.2) is 6.61 Å². The van der Waals surface area contributed by atoms with Gasteiger partial charge in [0.1, 0.15) is 5.75 Å². The summed E-state index contributed by atoms with van der Waals surface area (Å²) in [6.07, 6.45) is 2.50. The molecule has 2 N–H and O–H groups in total. The molecular weight excluding hydrogens is 322 g/mol. The highest BCUT2D eigenvalue weighted by Crippen LogP contribution is 2.18. The van der Waals surface area contributed by atoms with Crippen LogP contribution < -0.4 is 10.1 Å². The quantitative estimate of drug-likeness (QED) is 0.827. The summed E-state index contributed by atoms with van der Waals surface area (Å²) in [6, 6.07) is 8.97. The zero-order valence-electron chi connectivity index (χ0n) is 14.3. The highest BCUT2D eigenvalue weighted by Gasteiger charge is 2.32. The van der Waals surface area contributed by atoms with Crippen LogP contribution >= 0.6 is 0 Å². The SMILES string of the molecule is O=C(COc1ccccc1)N1CCC(NC(=O)N2CCC[C@H]2CO)C1. The number of ether oxygens (including phenoxy) is 1. The van der Waals surface area contributed by atoms with E-state index in [0.717, 1.165) is 19.3 Å². The van der Waals surface area contributed by atoms with Gasteiger partial charge in [-0.05, 0) is 31.4 Å². The Balaban J connectivity index is 1.43. The van der Waals surface area contributed by atoms with Crippen molar-refractivity contribution in [3.05, 3.63) is 30.3 Å². The van der Waals surface area contributed by atoms with Crippen LogP contribution in [0.1, 0.15) is 19.3 Å². The van der Waals surface area contributed by atoms with Crippen LogP contribution in [0.4, 0.5) is 4.79 Å². The van der Waals surface area contributed by atoms with Crippen molar-refractivity contribution in [2.45, 2.75) is 31.3 Å². The van der Waals surface area contributed by atoms with Gasteiger partial charge < -0.3 is 25.0 Å². The fourth-order valence-corrected chi connectivity index (χ4v) is 3.41. The fraction of sp³-hybridized carbons (Fsp3) is 0.556. The maximum Gasteiger partial charge on any atom is 0.318 e. The van der Waals surface area contributed by atoms with E-state index in [4.69, 9.17) is 4.74 Å². The van der Waals surface area contributed by atoms with Crippen LogP contribution in [0, 0.1) is 0 Å². The first-order chi connectivity index (χ1) is 12.2. The molecule has 7 heteroatoms. The molecule has 1 aromatic rings. The van der Waals surface area contributed by atoms with E-state index in [0.29, 0.717) is 25.4 Å². The average Bonchev–Trinajstić information content (AvgIpc) is 3.29. The predicted octanol–water partition coefficient (Wildman–Crippen LogP) is 0.833. The number of hydrogen-bond donors (Lipinski definition) is 2. The Morgan fingerprint density at radius 2 is 2.00 bits per heavy atom. The number of likely N-dealkylation sites (tertiary alicyclic amines) is 2. The molecule has 2 aliphatic rings. The van der Waals surface area contributed by atoms with E-state index < -0.39 is 0 Å². The molecule has 0 aliphatic carbocycles. The summed E-state index contributed by atoms with van der Waals surface area (Å²) in [6.45, 7) is 1.80. The van der Waals surface area contributed by atoms with Crippen LogP contribution in [0.15, 0.2) is 30.3 Å². The highest BCUT2D eigenvalue weighted by atomic mass is 16.5. The number of amides is 3. The molecule has 0 radical (unpaired) electrons. The lowest BCUT2D eigenvalue weighted by molar-refractivity contribution is -0.132. The van der Waals surface area contributed by atoms with Crippen LogP contribution in [-0.4, -0.2) is 71.8 Å². The zero-order valence-corrected chi connectivity index (χ0v) is 14.3. The summed E-state index contributed by atoms with van der Waals surface area (Å²) < 4.78 is 5.49. The number of hydrogen-bond acceptors (Lipinski definition) is 4. The Bertz CT molecular complexity index is 595. The molecule has 2 heterocycles. The van der Waals surface area contributed by atoms with Gasteiger partial charge in [-0.2, -0.15) is 0 Å². The average molecular weight is 347 g/mol. The lowest BCUT2D eigenvalue weighted by atomic mass is 10.2. The number of nitrogens with one attached hydrogen (secondary N) is 1. The van der Waals surface area contributed by atoms with Gasteiger partial charge in [0, 0.05) is 25.7 Å². The van der Waals surface area contributed by atoms with E-state index >= 15 is 0 Å². The van der Waals surface area contributed by atoms with Crippen molar-refractivity contribution >= 4 is 11.9 Å². The number of carbonyl (C=O) groups excluding carboxylic acids is 2. The summed E-state index contributed by atoms with van der Waals surface area (Å²) in [5.74, 6) is 0.596. The number of rotatable bonds is 5. The first kappa shape index (κ1) is 17.5. The number of carbonyl (C=O) groups is 2. The van der Waals surface area contributed by atoms with Gasteiger partial charge in [-0.3, -0.25) is 4.79 Å². The number of urea groups is 1. The van der Waals surface area contributed by atoms with Gasteiger partial charge in [-0.1, -0.05) is 18.2 Å². The molecule has 25 heavy (non-hydrogen) atoms. The standard InChI is InChI=1S/C18H25N3O4/c22-12-15-5-4-9-21(15)18(24)19-14-8-10-20(11-14)17(23)13-25-16-6-2-1-3-7-16/h1-3,6-7,14-15,22H,4-5,8-13H2,(H,19,24)/t14?,15-/m0/s1. The second-order valence-electron chi connectivity index (χ2n) is 6.55. The molecule has 0 aromatic heterocycles. The number of para-hydroxylation sites is 1. The molecule has 0 saturated carbocycles. The van der Waals surface area contributed by atoms with Crippen LogP contribution in [0.25, 0.3) is 0 Å². The van der Waals surface area contributed by atoms with E-state index in [2.05, 4.69) is 5.32 Å². The molecular formula is C18H25N3O4. The minimum Gasteiger partial charge on any atom is -0.484 e. The monoisotopic (exact) mass is 347 g/mol. The summed E-state index contributed by atoms with van der Waals surface area (Å²) in [4.78, 5) is 28.0. The smallest absolute Gasteiger partial charge is 0.318 e. The topological polar surface area (TPSA) is 82.1 Å². The second kappa shape index (κ2) is 8.20. The van der Waals surface area contributed by atoms with Gasteiger partial charge in [0.25, 0.3) is 5.91 Å². The van der Waals surface area contributed by atoms with Gasteiger partial charge in [-0.25, -0.2) is 4.79 Å². The largest absolute Gasteiger partial charge is 0.484 e. The first-order valence-corrected chi connectivity index (χ1v) is 8.81. The van der Waals surface area contributed by atoms with Crippen LogP contribution in [0.3, 0.4) is 0 Å². The van der Waals surface area contributed by atoms with Crippen molar-refractivity contribution in [3.63, 3.8) is 0 Å². The van der Waals surface area contributed by atoms with Crippen molar-refractivity contribution < 1.29 is 19.4 Å². The molecule has 0 bridgehead atoms. The van der Waals surface area contributed by atoms with E-state index in [1.165, 1.54) is 0 Å². The molecule has 2 saturated heterocycles. The predicted molar refractivity (Wildman–Crippen MR) is 92.3 cm³/mol. The van der Waals surface area contributed by atoms with E-state index in [1.807, 2.05) is 30.3 Å². The highest BCUT2D eigenvalue weighted by molar-refractivity contribution is 5.79. The number of aliphatic hydroxyl groups excluding tert-OH is 1. The van der Waals surface area contributed by atoms with Crippen molar-refractivity contribution in [3.8, 4) is 5.75 Å². The Hall–Kier alpha value is -2.28. The summed E-state index contributed by atoms with van der Waals surface area (Å²) in [5, 5.41) is 12.3. The molecule has 1 aromatic carbocycles. The third-order valence-electron chi connectivity index (χ3n) is 4.82. The molecule has 3 amide bonds. The number of benzene rings is 1. The summed E-state index contributed by atoms with van der Waals surface area (Å²) in [7, 11) is 0. The normalized spacial score (nSPS) is 22.9. The second-order valence-corrected chi connectivity index (χ2v) is 6.55. The molecule has 2 atom stereocenters. The summed E-state index contributed by atoms with van der Waals surface area (Å²) >= 11 is 0. The van der Waals surface area contributed by atoms with E-state index in [-0.39, 0.29) is 37.2 Å². The molecule has 136 valence electrons. The Kier molecular flexibility index (Phi) is 5.75. The van der Waals surface area contributed by atoms with E-state index in [1.54, 1.807) is 9.80 Å². The Labute approximate surface area is 147 Å². The van der Waals surface area contributed by atoms with Crippen LogP contribution in [-0.2, 0) is 4.79 Å². The van der Waals surface area contributed by atoms with Crippen molar-refractivity contribution in [2.75, 3.05) is 32.8 Å². The van der Waals surface area contributed by atoms with E-state index in [9.17, 15) is 14.7 Å². The number of aliphatic hydroxyl groups is 1. The van der Waals surface area contributed by atoms with Crippen molar-refractivity contribution in [1.82, 2.24) is 15.1 Å². The van der Waals surface area contributed by atoms with Gasteiger partial charge in [0.2, 0.25) is 0 Å². The molecule has 0 spiro atoms. The first-order valence-electron chi connectivity index (χ1n) is 8.81. The van der Waals surface area contributed by atoms with Gasteiger partial charge >= 0.3 is 6.03 Å². The van der Waals surface area contributed by atoms with Crippen LogP contribution in [0.5, 0.6) is 5.75 Å².